The van der Waals surface area contributed by atoms with E-state index in [1.54, 1.807) is 0 Å². The number of rotatable bonds is 4. The van der Waals surface area contributed by atoms with Gasteiger partial charge < -0.3 is 19.3 Å². The Hall–Kier alpha value is -1.08. The number of halogens is 2. The Kier molecular flexibility index (Phi) is 4.97. The molecule has 0 aliphatic carbocycles. The van der Waals surface area contributed by atoms with Gasteiger partial charge in [-0.1, -0.05) is 45.7 Å². The van der Waals surface area contributed by atoms with Crippen LogP contribution in [0.5, 0.6) is 11.5 Å². The Labute approximate surface area is 189 Å². The Morgan fingerprint density at radius 3 is 1.97 bits per heavy atom. The second kappa shape index (κ2) is 7.26. The Morgan fingerprint density at radius 2 is 1.41 bits per heavy atom. The summed E-state index contributed by atoms with van der Waals surface area (Å²) in [7, 11) is 0. The van der Waals surface area contributed by atoms with Crippen molar-refractivity contribution in [2.45, 2.75) is 20.3 Å². The molecular weight excluding hydrogens is 496 g/mol. The maximum atomic E-state index is 6.20. The summed E-state index contributed by atoms with van der Waals surface area (Å²) >= 11 is 7.14. The highest BCUT2D eigenvalue weighted by atomic mass is 79.9. The van der Waals surface area contributed by atoms with Gasteiger partial charge in [0.1, 0.15) is 0 Å². The van der Waals surface area contributed by atoms with Crippen LogP contribution in [-0.2, 0) is 4.74 Å². The van der Waals surface area contributed by atoms with E-state index in [1.807, 2.05) is 0 Å². The quantitative estimate of drug-likeness (QED) is 0.478. The topological polar surface area (TPSA) is 24.9 Å². The molecular formula is C23H26Br2N2O2. The lowest BCUT2D eigenvalue weighted by molar-refractivity contribution is 0.130. The highest BCUT2D eigenvalue weighted by molar-refractivity contribution is 9.10. The van der Waals surface area contributed by atoms with Crippen molar-refractivity contribution in [2.24, 2.45) is 10.8 Å². The van der Waals surface area contributed by atoms with Crippen LogP contribution in [0.1, 0.15) is 20.3 Å². The summed E-state index contributed by atoms with van der Waals surface area (Å²) in [6.07, 6.45) is 1.11. The van der Waals surface area contributed by atoms with Gasteiger partial charge in [0.25, 0.3) is 0 Å². The number of ether oxygens (including phenoxy) is 2. The zero-order valence-corrected chi connectivity index (χ0v) is 20.1. The first-order valence-electron chi connectivity index (χ1n) is 10.2. The average molecular weight is 522 g/mol. The van der Waals surface area contributed by atoms with Gasteiger partial charge in [0, 0.05) is 39.4 Å². The van der Waals surface area contributed by atoms with Gasteiger partial charge in [-0.15, -0.1) is 0 Å². The predicted octanol–water partition coefficient (Wildman–Crippen LogP) is 6.20. The van der Waals surface area contributed by atoms with Crippen LogP contribution in [-0.4, -0.2) is 44.3 Å². The lowest BCUT2D eigenvalue weighted by Gasteiger charge is -2.33. The molecule has 0 aromatic heterocycles. The molecule has 2 atom stereocenters. The first kappa shape index (κ1) is 19.9. The van der Waals surface area contributed by atoms with Gasteiger partial charge in [-0.3, -0.25) is 0 Å². The summed E-state index contributed by atoms with van der Waals surface area (Å²) in [6.45, 7) is 10.9. The Bertz CT molecular complexity index is 883. The molecule has 6 heteroatoms. The third-order valence-electron chi connectivity index (χ3n) is 6.94. The average Bonchev–Trinajstić information content (AvgIpc) is 3.07. The first-order valence-corrected chi connectivity index (χ1v) is 11.8. The molecule has 5 rings (SSSR count). The van der Waals surface area contributed by atoms with Crippen molar-refractivity contribution >= 4 is 43.2 Å². The lowest BCUT2D eigenvalue weighted by atomic mass is 9.71. The second-order valence-corrected chi connectivity index (χ2v) is 11.0. The van der Waals surface area contributed by atoms with E-state index in [4.69, 9.17) is 9.47 Å². The molecule has 3 heterocycles. The third-order valence-corrected chi connectivity index (χ3v) is 7.93. The van der Waals surface area contributed by atoms with Gasteiger partial charge in [-0.05, 0) is 49.4 Å². The zero-order valence-electron chi connectivity index (χ0n) is 16.9. The minimum absolute atomic E-state index is 0.295. The molecule has 2 aromatic carbocycles. The first-order chi connectivity index (χ1) is 13.9. The van der Waals surface area contributed by atoms with Gasteiger partial charge in [0.05, 0.1) is 24.6 Å². The van der Waals surface area contributed by atoms with E-state index < -0.39 is 0 Å². The van der Waals surface area contributed by atoms with E-state index in [0.717, 1.165) is 77.6 Å². The van der Waals surface area contributed by atoms with Gasteiger partial charge in [0.2, 0.25) is 0 Å². The molecule has 3 aliphatic heterocycles. The predicted molar refractivity (Wildman–Crippen MR) is 123 cm³/mol. The van der Waals surface area contributed by atoms with Crippen molar-refractivity contribution < 1.29 is 9.47 Å². The molecule has 154 valence electrons. The molecule has 0 unspecified atom stereocenters. The van der Waals surface area contributed by atoms with E-state index in [-0.39, 0.29) is 0 Å². The van der Waals surface area contributed by atoms with Gasteiger partial charge in [-0.25, -0.2) is 0 Å². The fourth-order valence-corrected chi connectivity index (χ4v) is 5.73. The molecule has 2 saturated heterocycles. The number of nitrogens with zero attached hydrogens (tertiary/aromatic N) is 2. The van der Waals surface area contributed by atoms with Crippen molar-refractivity contribution in [2.75, 3.05) is 44.3 Å². The van der Waals surface area contributed by atoms with Crippen LogP contribution < -0.4 is 9.64 Å². The summed E-state index contributed by atoms with van der Waals surface area (Å²) in [5.74, 6) is 1.80. The van der Waals surface area contributed by atoms with E-state index >= 15 is 0 Å². The minimum atomic E-state index is 0.295. The maximum Gasteiger partial charge on any atom is 0.152 e. The van der Waals surface area contributed by atoms with Gasteiger partial charge in [0.15, 0.2) is 11.5 Å². The van der Waals surface area contributed by atoms with Crippen molar-refractivity contribution in [3.05, 3.63) is 45.3 Å². The Morgan fingerprint density at radius 1 is 0.862 bits per heavy atom. The zero-order chi connectivity index (χ0) is 20.2. The van der Waals surface area contributed by atoms with Crippen molar-refractivity contribution in [1.82, 2.24) is 4.90 Å². The highest BCUT2D eigenvalue weighted by Crippen LogP contribution is 2.51. The summed E-state index contributed by atoms with van der Waals surface area (Å²) in [6, 6.07) is 12.6. The fourth-order valence-electron chi connectivity index (χ4n) is 5.05. The van der Waals surface area contributed by atoms with Crippen molar-refractivity contribution in [1.29, 1.82) is 0 Å². The molecule has 4 nitrogen and oxygen atoms in total. The number of benzene rings is 2. The minimum Gasteiger partial charge on any atom is -0.453 e. The molecule has 29 heavy (non-hydrogen) atoms. The van der Waals surface area contributed by atoms with Gasteiger partial charge in [-0.2, -0.15) is 0 Å². The van der Waals surface area contributed by atoms with E-state index in [9.17, 15) is 0 Å². The van der Waals surface area contributed by atoms with Crippen LogP contribution in [0.2, 0.25) is 0 Å². The summed E-state index contributed by atoms with van der Waals surface area (Å²) in [5.41, 5.74) is 2.86. The Balaban J connectivity index is 1.33. The number of hydrogen-bond donors (Lipinski definition) is 0. The van der Waals surface area contributed by atoms with Crippen LogP contribution >= 0.6 is 31.9 Å². The van der Waals surface area contributed by atoms with E-state index in [2.05, 4.69) is 91.9 Å². The van der Waals surface area contributed by atoms with Crippen LogP contribution in [0.15, 0.2) is 45.3 Å². The SMILES string of the molecule is C[C@@]12COC[C@]1(C)CN(CCCN1c3ccc(Br)cc3Oc3cc(Br)ccc31)C2. The standard InChI is InChI=1S/C23H26Br2N2O2/c1-22-12-26(13-23(22,2)15-28-14-22)8-3-9-27-18-6-4-16(24)10-20(18)29-21-11-17(25)5-7-19(21)27/h4-7,10-11H,3,8-9,12-15H2,1-2H3/t22-,23+. The molecule has 0 bridgehead atoms. The smallest absolute Gasteiger partial charge is 0.152 e. The third kappa shape index (κ3) is 3.42. The van der Waals surface area contributed by atoms with Crippen LogP contribution in [0.3, 0.4) is 0 Å². The number of fused-ring (bicyclic) bond motifs is 3. The number of likely N-dealkylation sites (tertiary alicyclic amines) is 1. The molecule has 2 fully saturated rings. The maximum absolute atomic E-state index is 6.20. The van der Waals surface area contributed by atoms with Gasteiger partial charge >= 0.3 is 0 Å². The lowest BCUT2D eigenvalue weighted by Crippen LogP contribution is -2.34. The molecule has 0 spiro atoms. The number of hydrogen-bond acceptors (Lipinski definition) is 4. The summed E-state index contributed by atoms with van der Waals surface area (Å²) in [4.78, 5) is 5.03. The van der Waals surface area contributed by atoms with Crippen LogP contribution in [0.4, 0.5) is 11.4 Å². The fraction of sp³-hybridized carbons (Fsp3) is 0.478. The van der Waals surface area contributed by atoms with Crippen molar-refractivity contribution in [3.8, 4) is 11.5 Å². The molecule has 0 N–H and O–H groups in total. The molecule has 0 saturated carbocycles. The summed E-state index contributed by atoms with van der Waals surface area (Å²) < 4.78 is 14.1. The molecule has 0 radical (unpaired) electrons. The summed E-state index contributed by atoms with van der Waals surface area (Å²) in [5, 5.41) is 0. The molecule has 0 amide bonds. The highest BCUT2D eigenvalue weighted by Gasteiger charge is 2.55. The van der Waals surface area contributed by atoms with Crippen LogP contribution in [0.25, 0.3) is 0 Å². The second-order valence-electron chi connectivity index (χ2n) is 9.16. The van der Waals surface area contributed by atoms with Crippen LogP contribution in [0, 0.1) is 10.8 Å². The monoisotopic (exact) mass is 520 g/mol. The van der Waals surface area contributed by atoms with Crippen molar-refractivity contribution in [3.63, 3.8) is 0 Å². The largest absolute Gasteiger partial charge is 0.453 e. The van der Waals surface area contributed by atoms with E-state index in [1.165, 1.54) is 0 Å². The normalized spacial score (nSPS) is 28.1. The number of anilines is 2. The van der Waals surface area contributed by atoms with E-state index in [0.29, 0.717) is 10.8 Å². The molecule has 2 aromatic rings. The molecule has 3 aliphatic rings.